The molecule has 0 amide bonds. The highest BCUT2D eigenvalue weighted by Crippen LogP contribution is 2.21. The van der Waals surface area contributed by atoms with Gasteiger partial charge in [0.1, 0.15) is 0 Å². The average molecular weight is 197 g/mol. The van der Waals surface area contributed by atoms with Gasteiger partial charge in [0.15, 0.2) is 0 Å². The molecule has 0 fully saturated rings. The molecule has 0 aliphatic heterocycles. The number of rotatable bonds is 2. The van der Waals surface area contributed by atoms with E-state index < -0.39 is 0 Å². The third-order valence-corrected chi connectivity index (χ3v) is 2.53. The quantitative estimate of drug-likeness (QED) is 0.660. The van der Waals surface area contributed by atoms with Crippen LogP contribution in [0, 0.1) is 25.2 Å². The summed E-state index contributed by atoms with van der Waals surface area (Å²) in [4.78, 5) is 0. The van der Waals surface area contributed by atoms with E-state index in [1.165, 1.54) is 11.1 Å². The summed E-state index contributed by atoms with van der Waals surface area (Å²) >= 11 is 0. The van der Waals surface area contributed by atoms with E-state index in [0.29, 0.717) is 0 Å². The van der Waals surface area contributed by atoms with Crippen LogP contribution in [-0.2, 0) is 0 Å². The highest BCUT2D eigenvalue weighted by atomic mass is 14.2. The van der Waals surface area contributed by atoms with Gasteiger partial charge in [0.25, 0.3) is 0 Å². The second kappa shape index (κ2) is 4.61. The Morgan fingerprint density at radius 1 is 1.40 bits per heavy atom. The van der Waals surface area contributed by atoms with Crippen molar-refractivity contribution >= 4 is 12.2 Å². The lowest BCUT2D eigenvalue weighted by atomic mass is 9.96. The molecular weight excluding hydrogens is 182 g/mol. The third-order valence-electron chi connectivity index (χ3n) is 2.53. The number of hydrogen-bond donors (Lipinski definition) is 0. The lowest BCUT2D eigenvalue weighted by Crippen LogP contribution is -1.90. The standard InChI is InChI=1S/C14H15N/c1-5-13-7-6-11(3)14(12(13)4)8-10(2)9-15/h5-8H,1H2,2-4H3/b10-8+. The molecule has 15 heavy (non-hydrogen) atoms. The van der Waals surface area contributed by atoms with Crippen LogP contribution in [-0.4, -0.2) is 0 Å². The molecule has 0 unspecified atom stereocenters. The molecule has 1 nitrogen and oxygen atoms in total. The zero-order valence-electron chi connectivity index (χ0n) is 9.46. The minimum absolute atomic E-state index is 0.724. The van der Waals surface area contributed by atoms with Crippen molar-refractivity contribution in [3.8, 4) is 6.07 Å². The molecule has 1 rings (SSSR count). The van der Waals surface area contributed by atoms with E-state index >= 15 is 0 Å². The molecule has 76 valence electrons. The molecule has 0 atom stereocenters. The molecule has 0 radical (unpaired) electrons. The predicted octanol–water partition coefficient (Wildman–Crippen LogP) is 3.87. The Balaban J connectivity index is 3.41. The van der Waals surface area contributed by atoms with Crippen LogP contribution >= 0.6 is 0 Å². The number of aryl methyl sites for hydroxylation is 1. The molecule has 0 aliphatic carbocycles. The SMILES string of the molecule is C=Cc1ccc(C)c(/C=C(\C)C#N)c1C. The van der Waals surface area contributed by atoms with E-state index in [2.05, 4.69) is 38.6 Å². The topological polar surface area (TPSA) is 23.8 Å². The van der Waals surface area contributed by atoms with Crippen LogP contribution in [0.2, 0.25) is 0 Å². The first-order valence-electron chi connectivity index (χ1n) is 4.91. The van der Waals surface area contributed by atoms with Crippen molar-refractivity contribution in [1.82, 2.24) is 0 Å². The summed E-state index contributed by atoms with van der Waals surface area (Å²) in [6, 6.07) is 6.25. The zero-order valence-corrected chi connectivity index (χ0v) is 9.46. The maximum Gasteiger partial charge on any atom is 0.0944 e. The van der Waals surface area contributed by atoms with Crippen molar-refractivity contribution in [3.05, 3.63) is 46.5 Å². The van der Waals surface area contributed by atoms with Crippen molar-refractivity contribution in [2.45, 2.75) is 20.8 Å². The summed E-state index contributed by atoms with van der Waals surface area (Å²) in [5.74, 6) is 0. The van der Waals surface area contributed by atoms with Gasteiger partial charge in [-0.15, -0.1) is 0 Å². The Hall–Kier alpha value is -1.81. The lowest BCUT2D eigenvalue weighted by molar-refractivity contribution is 1.33. The largest absolute Gasteiger partial charge is 0.193 e. The van der Waals surface area contributed by atoms with Crippen LogP contribution < -0.4 is 0 Å². The van der Waals surface area contributed by atoms with Gasteiger partial charge in [-0.1, -0.05) is 24.8 Å². The molecule has 0 bridgehead atoms. The van der Waals surface area contributed by atoms with Gasteiger partial charge < -0.3 is 0 Å². The Morgan fingerprint density at radius 2 is 2.07 bits per heavy atom. The van der Waals surface area contributed by atoms with Gasteiger partial charge in [0.05, 0.1) is 6.07 Å². The Kier molecular flexibility index (Phi) is 3.46. The fourth-order valence-electron chi connectivity index (χ4n) is 1.57. The maximum absolute atomic E-state index is 8.77. The maximum atomic E-state index is 8.77. The van der Waals surface area contributed by atoms with Crippen LogP contribution in [0.25, 0.3) is 12.2 Å². The number of nitriles is 1. The van der Waals surface area contributed by atoms with Crippen molar-refractivity contribution in [2.24, 2.45) is 0 Å². The molecule has 0 aliphatic rings. The highest BCUT2D eigenvalue weighted by molar-refractivity contribution is 5.67. The van der Waals surface area contributed by atoms with E-state index in [-0.39, 0.29) is 0 Å². The minimum Gasteiger partial charge on any atom is -0.193 e. The number of nitrogens with zero attached hydrogens (tertiary/aromatic N) is 1. The van der Waals surface area contributed by atoms with Crippen molar-refractivity contribution in [1.29, 1.82) is 5.26 Å². The first-order valence-corrected chi connectivity index (χ1v) is 4.91. The van der Waals surface area contributed by atoms with E-state index in [4.69, 9.17) is 5.26 Å². The molecule has 0 saturated carbocycles. The summed E-state index contributed by atoms with van der Waals surface area (Å²) < 4.78 is 0. The van der Waals surface area contributed by atoms with Gasteiger partial charge in [-0.25, -0.2) is 0 Å². The first-order chi connectivity index (χ1) is 7.10. The predicted molar refractivity (Wildman–Crippen MR) is 65.3 cm³/mol. The van der Waals surface area contributed by atoms with Gasteiger partial charge in [0, 0.05) is 5.57 Å². The second-order valence-corrected chi connectivity index (χ2v) is 3.65. The van der Waals surface area contributed by atoms with E-state index in [9.17, 15) is 0 Å². The number of benzene rings is 1. The van der Waals surface area contributed by atoms with Gasteiger partial charge >= 0.3 is 0 Å². The van der Waals surface area contributed by atoms with Crippen LogP contribution in [0.5, 0.6) is 0 Å². The van der Waals surface area contributed by atoms with E-state index in [1.54, 1.807) is 0 Å². The molecule has 1 aromatic carbocycles. The molecule has 0 aromatic heterocycles. The van der Waals surface area contributed by atoms with Crippen LogP contribution in [0.1, 0.15) is 29.2 Å². The van der Waals surface area contributed by atoms with E-state index in [0.717, 1.165) is 16.7 Å². The van der Waals surface area contributed by atoms with Gasteiger partial charge in [-0.3, -0.25) is 0 Å². The molecule has 0 N–H and O–H groups in total. The van der Waals surface area contributed by atoms with Gasteiger partial charge in [0.2, 0.25) is 0 Å². The normalized spacial score (nSPS) is 10.9. The fourth-order valence-corrected chi connectivity index (χ4v) is 1.57. The summed E-state index contributed by atoms with van der Waals surface area (Å²) in [6.45, 7) is 9.70. The molecule has 0 saturated heterocycles. The number of hydrogen-bond acceptors (Lipinski definition) is 1. The van der Waals surface area contributed by atoms with Crippen molar-refractivity contribution in [2.75, 3.05) is 0 Å². The Morgan fingerprint density at radius 3 is 2.60 bits per heavy atom. The highest BCUT2D eigenvalue weighted by Gasteiger charge is 2.03. The second-order valence-electron chi connectivity index (χ2n) is 3.65. The smallest absolute Gasteiger partial charge is 0.0944 e. The van der Waals surface area contributed by atoms with Crippen LogP contribution in [0.4, 0.5) is 0 Å². The van der Waals surface area contributed by atoms with E-state index in [1.807, 2.05) is 19.1 Å². The van der Waals surface area contributed by atoms with Crippen molar-refractivity contribution in [3.63, 3.8) is 0 Å². The van der Waals surface area contributed by atoms with Crippen molar-refractivity contribution < 1.29 is 0 Å². The Labute approximate surface area is 91.4 Å². The average Bonchev–Trinajstić information content (AvgIpc) is 2.24. The summed E-state index contributed by atoms with van der Waals surface area (Å²) in [5.41, 5.74) is 5.35. The molecule has 1 aromatic rings. The van der Waals surface area contributed by atoms with Gasteiger partial charge in [-0.05, 0) is 49.1 Å². The zero-order chi connectivity index (χ0) is 11.4. The van der Waals surface area contributed by atoms with Gasteiger partial charge in [-0.2, -0.15) is 5.26 Å². The lowest BCUT2D eigenvalue weighted by Gasteiger charge is -2.08. The van der Waals surface area contributed by atoms with Crippen LogP contribution in [0.3, 0.4) is 0 Å². The minimum atomic E-state index is 0.724. The molecule has 1 heteroatoms. The summed E-state index contributed by atoms with van der Waals surface area (Å²) in [5, 5.41) is 8.77. The Bertz CT molecular complexity index is 459. The molecule has 0 heterocycles. The molecular formula is C14H15N. The monoisotopic (exact) mass is 197 g/mol. The first kappa shape index (κ1) is 11.3. The summed E-state index contributed by atoms with van der Waals surface area (Å²) in [7, 11) is 0. The third kappa shape index (κ3) is 2.35. The number of allylic oxidation sites excluding steroid dienone is 1. The summed E-state index contributed by atoms with van der Waals surface area (Å²) in [6.07, 6.45) is 3.77. The fraction of sp³-hybridized carbons (Fsp3) is 0.214. The molecule has 0 spiro atoms. The van der Waals surface area contributed by atoms with Crippen LogP contribution in [0.15, 0.2) is 24.3 Å².